The Morgan fingerprint density at radius 2 is 1.82 bits per heavy atom. The minimum Gasteiger partial charge on any atom is -0.487 e. The highest BCUT2D eigenvalue weighted by molar-refractivity contribution is 7.91. The van der Waals surface area contributed by atoms with E-state index in [1.54, 1.807) is 59.0 Å². The Morgan fingerprint density at radius 1 is 1.15 bits per heavy atom. The highest BCUT2D eigenvalue weighted by atomic mass is 32.2. The fraction of sp³-hybridized carbons (Fsp3) is 0.440. The van der Waals surface area contributed by atoms with Gasteiger partial charge >= 0.3 is 6.09 Å². The molecule has 1 heterocycles. The maximum atomic E-state index is 13.4. The molecule has 34 heavy (non-hydrogen) atoms. The van der Waals surface area contributed by atoms with Gasteiger partial charge in [0.05, 0.1) is 16.3 Å². The molecule has 0 radical (unpaired) electrons. The van der Waals surface area contributed by atoms with Crippen molar-refractivity contribution >= 4 is 21.8 Å². The second-order valence-electron chi connectivity index (χ2n) is 9.24. The van der Waals surface area contributed by atoms with E-state index in [1.807, 2.05) is 0 Å². The normalized spacial score (nSPS) is 15.6. The predicted molar refractivity (Wildman–Crippen MR) is 128 cm³/mol. The molecule has 2 aromatic carbocycles. The highest BCUT2D eigenvalue weighted by Crippen LogP contribution is 2.37. The van der Waals surface area contributed by atoms with E-state index in [2.05, 4.69) is 5.32 Å². The van der Waals surface area contributed by atoms with Crippen molar-refractivity contribution in [2.45, 2.75) is 62.0 Å². The van der Waals surface area contributed by atoms with Gasteiger partial charge in [-0.05, 0) is 64.3 Å². The fourth-order valence-corrected chi connectivity index (χ4v) is 5.21. The van der Waals surface area contributed by atoms with Crippen molar-refractivity contribution < 1.29 is 27.5 Å². The zero-order valence-corrected chi connectivity index (χ0v) is 21.1. The summed E-state index contributed by atoms with van der Waals surface area (Å²) < 4.78 is 38.4. The zero-order chi connectivity index (χ0) is 25.1. The van der Waals surface area contributed by atoms with Gasteiger partial charge in [-0.3, -0.25) is 4.79 Å². The molecule has 184 valence electrons. The van der Waals surface area contributed by atoms with Crippen LogP contribution in [0, 0.1) is 0 Å². The van der Waals surface area contributed by atoms with Gasteiger partial charge in [0.1, 0.15) is 23.0 Å². The van der Waals surface area contributed by atoms with Gasteiger partial charge in [0, 0.05) is 13.6 Å². The average Bonchev–Trinajstić information content (AvgIpc) is 2.77. The fourth-order valence-electron chi connectivity index (χ4n) is 3.74. The van der Waals surface area contributed by atoms with Gasteiger partial charge in [0.25, 0.3) is 5.91 Å². The molecule has 1 atom stereocenters. The molecule has 0 saturated heterocycles. The first-order valence-corrected chi connectivity index (χ1v) is 12.8. The number of fused-ring (bicyclic) bond motifs is 1. The van der Waals surface area contributed by atoms with Crippen LogP contribution in [0.25, 0.3) is 0 Å². The molecule has 1 unspecified atom stereocenters. The van der Waals surface area contributed by atoms with Crippen LogP contribution < -0.4 is 10.1 Å². The zero-order valence-electron chi connectivity index (χ0n) is 20.3. The van der Waals surface area contributed by atoms with Crippen LogP contribution in [0.2, 0.25) is 0 Å². The number of hydrogen-bond donors (Lipinski definition) is 1. The maximum Gasteiger partial charge on any atom is 0.410 e. The number of likely N-dealkylation sites (N-methyl/N-ethyl adjacent to an activating group) is 1. The van der Waals surface area contributed by atoms with Crippen LogP contribution in [0.4, 0.5) is 4.79 Å². The van der Waals surface area contributed by atoms with Crippen LogP contribution >= 0.6 is 0 Å². The molecule has 2 amide bonds. The van der Waals surface area contributed by atoms with Crippen LogP contribution in [0.15, 0.2) is 52.3 Å². The molecular formula is C25H32N2O6S. The van der Waals surface area contributed by atoms with E-state index in [0.29, 0.717) is 19.4 Å². The maximum absolute atomic E-state index is 13.4. The molecular weight excluding hydrogens is 456 g/mol. The molecule has 1 aliphatic heterocycles. The molecule has 0 aromatic heterocycles. The molecule has 0 saturated carbocycles. The Hall–Kier alpha value is -3.07. The second kappa shape index (κ2) is 10.0. The first-order valence-electron chi connectivity index (χ1n) is 11.3. The van der Waals surface area contributed by atoms with Crippen molar-refractivity contribution in [1.82, 2.24) is 10.2 Å². The van der Waals surface area contributed by atoms with Crippen LogP contribution in [0.3, 0.4) is 0 Å². The Morgan fingerprint density at radius 3 is 2.44 bits per heavy atom. The second-order valence-corrected chi connectivity index (χ2v) is 11.2. The quantitative estimate of drug-likeness (QED) is 0.663. The van der Waals surface area contributed by atoms with Gasteiger partial charge in [-0.25, -0.2) is 13.2 Å². The predicted octanol–water partition coefficient (Wildman–Crippen LogP) is 3.83. The Labute approximate surface area is 201 Å². The van der Waals surface area contributed by atoms with Gasteiger partial charge in [0.15, 0.2) is 0 Å². The molecule has 0 bridgehead atoms. The average molecular weight is 489 g/mol. The Bertz CT molecular complexity index is 1160. The van der Waals surface area contributed by atoms with Crippen molar-refractivity contribution in [1.29, 1.82) is 0 Å². The number of amides is 2. The molecule has 0 fully saturated rings. The Kier molecular flexibility index (Phi) is 7.55. The van der Waals surface area contributed by atoms with Crippen LogP contribution in [-0.4, -0.2) is 57.2 Å². The van der Waals surface area contributed by atoms with Gasteiger partial charge in [-0.2, -0.15) is 0 Å². The summed E-state index contributed by atoms with van der Waals surface area (Å²) >= 11 is 0. The number of aryl methyl sites for hydroxylation is 1. The molecule has 3 rings (SSSR count). The lowest BCUT2D eigenvalue weighted by atomic mass is 9.98. The van der Waals surface area contributed by atoms with E-state index in [9.17, 15) is 18.0 Å². The van der Waals surface area contributed by atoms with Crippen molar-refractivity contribution in [3.8, 4) is 5.75 Å². The monoisotopic (exact) mass is 488 g/mol. The smallest absolute Gasteiger partial charge is 0.410 e. The molecule has 1 aliphatic rings. The van der Waals surface area contributed by atoms with Gasteiger partial charge in [-0.15, -0.1) is 0 Å². The number of carbonyl (C=O) groups is 2. The first-order chi connectivity index (χ1) is 15.9. The minimum absolute atomic E-state index is 0.00664. The molecule has 9 heteroatoms. The number of rotatable bonds is 6. The number of nitrogens with zero attached hydrogens (tertiary/aromatic N) is 1. The standard InChI is InChI=1S/C25H32N2O6S/c1-6-26-23(28)21-20(34(30,31)19-10-8-7-9-11-19)15-13-17-12-14-18(32-22(17)21)16-27(5)24(29)33-25(2,3)4/h7-11,13,15,18H,6,12,14,16H2,1-5H3,(H,26,28). The summed E-state index contributed by atoms with van der Waals surface area (Å²) in [6.07, 6.45) is 0.291. The molecule has 1 N–H and O–H groups in total. The topological polar surface area (TPSA) is 102 Å². The summed E-state index contributed by atoms with van der Waals surface area (Å²) in [5.74, 6) is -0.271. The van der Waals surface area contributed by atoms with Crippen molar-refractivity contribution in [3.05, 3.63) is 53.6 Å². The van der Waals surface area contributed by atoms with Gasteiger partial charge in [-0.1, -0.05) is 24.3 Å². The van der Waals surface area contributed by atoms with E-state index in [0.717, 1.165) is 5.56 Å². The lowest BCUT2D eigenvalue weighted by Crippen LogP contribution is -2.41. The highest BCUT2D eigenvalue weighted by Gasteiger charge is 2.33. The number of carbonyl (C=O) groups excluding carboxylic acids is 2. The molecule has 2 aromatic rings. The molecule has 0 spiro atoms. The molecule has 8 nitrogen and oxygen atoms in total. The van der Waals surface area contributed by atoms with E-state index < -0.39 is 33.5 Å². The number of sulfone groups is 1. The summed E-state index contributed by atoms with van der Waals surface area (Å²) in [7, 11) is -2.35. The van der Waals surface area contributed by atoms with Gasteiger partial charge in [0.2, 0.25) is 9.84 Å². The number of hydrogen-bond acceptors (Lipinski definition) is 6. The van der Waals surface area contributed by atoms with Crippen molar-refractivity contribution in [3.63, 3.8) is 0 Å². The van der Waals surface area contributed by atoms with Crippen molar-refractivity contribution in [2.75, 3.05) is 20.1 Å². The third-order valence-corrected chi connectivity index (χ3v) is 7.12. The van der Waals surface area contributed by atoms with Crippen molar-refractivity contribution in [2.24, 2.45) is 0 Å². The molecule has 0 aliphatic carbocycles. The Balaban J connectivity index is 1.98. The van der Waals surface area contributed by atoms with E-state index in [4.69, 9.17) is 9.47 Å². The first kappa shape index (κ1) is 25.6. The third kappa shape index (κ3) is 5.70. The van der Waals surface area contributed by atoms with Crippen LogP contribution in [0.5, 0.6) is 5.75 Å². The lowest BCUT2D eigenvalue weighted by Gasteiger charge is -2.32. The number of benzene rings is 2. The summed E-state index contributed by atoms with van der Waals surface area (Å²) in [5.41, 5.74) is 0.120. The number of ether oxygens (including phenoxy) is 2. The largest absolute Gasteiger partial charge is 0.487 e. The number of nitrogens with one attached hydrogen (secondary N) is 1. The summed E-state index contributed by atoms with van der Waals surface area (Å²) in [6.45, 7) is 7.70. The third-order valence-electron chi connectivity index (χ3n) is 5.31. The van der Waals surface area contributed by atoms with Gasteiger partial charge < -0.3 is 19.7 Å². The van der Waals surface area contributed by atoms with E-state index >= 15 is 0 Å². The summed E-state index contributed by atoms with van der Waals surface area (Å²) in [4.78, 5) is 26.9. The van der Waals surface area contributed by atoms with E-state index in [-0.39, 0.29) is 27.6 Å². The van der Waals surface area contributed by atoms with Crippen LogP contribution in [-0.2, 0) is 21.0 Å². The minimum atomic E-state index is -3.97. The summed E-state index contributed by atoms with van der Waals surface area (Å²) in [6, 6.07) is 11.2. The van der Waals surface area contributed by atoms with Crippen LogP contribution in [0.1, 0.15) is 50.0 Å². The van der Waals surface area contributed by atoms with E-state index in [1.165, 1.54) is 23.1 Å². The SMILES string of the molecule is CCNC(=O)c1c(S(=O)(=O)c2ccccc2)ccc2c1OC(CN(C)C(=O)OC(C)(C)C)CC2. The summed E-state index contributed by atoms with van der Waals surface area (Å²) in [5, 5.41) is 2.71. The lowest BCUT2D eigenvalue weighted by molar-refractivity contribution is 0.0211.